The molecule has 1 aromatic heterocycles. The van der Waals surface area contributed by atoms with Crippen LogP contribution in [0.15, 0.2) is 89.5 Å². The summed E-state index contributed by atoms with van der Waals surface area (Å²) in [4.78, 5) is 11.9. The van der Waals surface area contributed by atoms with Gasteiger partial charge in [-0.25, -0.2) is 0 Å². The number of hydrogen-bond acceptors (Lipinski definition) is 4. The number of benzene rings is 2. The molecule has 1 atom stereocenters. The third-order valence-corrected chi connectivity index (χ3v) is 5.19. The topological polar surface area (TPSA) is 83.9 Å². The van der Waals surface area contributed by atoms with Gasteiger partial charge in [-0.2, -0.15) is 13.2 Å². The lowest BCUT2D eigenvalue weighted by Crippen LogP contribution is -2.36. The fourth-order valence-electron chi connectivity index (χ4n) is 3.63. The zero-order valence-electron chi connectivity index (χ0n) is 18.8. The van der Waals surface area contributed by atoms with E-state index in [0.29, 0.717) is 18.7 Å². The first-order valence-corrected chi connectivity index (χ1v) is 10.8. The van der Waals surface area contributed by atoms with Crippen molar-refractivity contribution in [1.82, 2.24) is 9.88 Å². The molecule has 8 heteroatoms. The average Bonchev–Trinajstić information content (AvgIpc) is 2.76. The van der Waals surface area contributed by atoms with Gasteiger partial charge in [0.1, 0.15) is 6.04 Å². The van der Waals surface area contributed by atoms with Gasteiger partial charge in [0.25, 0.3) is 5.56 Å². The summed E-state index contributed by atoms with van der Waals surface area (Å²) in [5.41, 5.74) is 8.49. The Kier molecular flexibility index (Phi) is 8.07. The third kappa shape index (κ3) is 7.18. The Labute approximate surface area is 196 Å². The fourth-order valence-corrected chi connectivity index (χ4v) is 3.63. The normalized spacial score (nSPS) is 13.0. The molecule has 5 nitrogen and oxygen atoms in total. The van der Waals surface area contributed by atoms with Crippen LogP contribution in [-0.2, 0) is 13.0 Å². The Morgan fingerprint density at radius 1 is 1.06 bits per heavy atom. The van der Waals surface area contributed by atoms with E-state index in [1.54, 1.807) is 42.0 Å². The van der Waals surface area contributed by atoms with Crippen molar-refractivity contribution in [2.75, 3.05) is 6.54 Å². The lowest BCUT2D eigenvalue weighted by molar-refractivity contribution is -0.156. The first-order chi connectivity index (χ1) is 16.1. The molecule has 0 aliphatic rings. The monoisotopic (exact) mass is 468 g/mol. The number of aromatic nitrogens is 1. The summed E-state index contributed by atoms with van der Waals surface area (Å²) in [7, 11) is 0. The van der Waals surface area contributed by atoms with Gasteiger partial charge in [0, 0.05) is 30.2 Å². The zero-order chi connectivity index (χ0) is 24.7. The molecule has 3 rings (SSSR count). The van der Waals surface area contributed by atoms with Crippen molar-refractivity contribution in [3.63, 3.8) is 0 Å². The van der Waals surface area contributed by atoms with Crippen molar-refractivity contribution in [3.05, 3.63) is 117 Å². The Bertz CT molecular complexity index is 1210. The second-order valence-corrected chi connectivity index (χ2v) is 8.17. The predicted octanol–water partition coefficient (Wildman–Crippen LogP) is 4.56. The van der Waals surface area contributed by atoms with Gasteiger partial charge in [-0.05, 0) is 47.7 Å². The fraction of sp³-hybridized carbons (Fsp3) is 0.231. The van der Waals surface area contributed by atoms with E-state index in [1.165, 1.54) is 24.3 Å². The number of nitrogens with one attached hydrogen (secondary N) is 2. The molecule has 0 spiro atoms. The van der Waals surface area contributed by atoms with Gasteiger partial charge in [-0.15, -0.1) is 0 Å². The maximum absolute atomic E-state index is 13.7. The summed E-state index contributed by atoms with van der Waals surface area (Å²) in [5.74, 6) is 0. The molecule has 0 bridgehead atoms. The highest BCUT2D eigenvalue weighted by molar-refractivity contribution is 5.94. The standard InChI is InChI=1S/C26H27F3N4O/c1-18(30)13-23(31)16-32-25(26(27,28)29)22-6-4-5-21(15-22)14-19-8-10-20(11-9-19)17-33-12-3-2-7-24(33)34/h2-13,15,25,31-32H,14,16-17,30H2,1H3/b18-13-,31-23?. The van der Waals surface area contributed by atoms with E-state index in [1.807, 2.05) is 24.3 Å². The maximum Gasteiger partial charge on any atom is 0.407 e. The summed E-state index contributed by atoms with van der Waals surface area (Å²) in [6.45, 7) is 1.77. The number of halogens is 3. The number of alkyl halides is 3. The lowest BCUT2D eigenvalue weighted by atomic mass is 9.98. The predicted molar refractivity (Wildman–Crippen MR) is 128 cm³/mol. The minimum atomic E-state index is -4.52. The minimum Gasteiger partial charge on any atom is -0.402 e. The molecule has 0 fully saturated rings. The Hall–Kier alpha value is -3.65. The van der Waals surface area contributed by atoms with Crippen LogP contribution in [-0.4, -0.2) is 23.0 Å². The molecule has 0 aliphatic heterocycles. The van der Waals surface area contributed by atoms with Crippen LogP contribution in [0, 0.1) is 5.41 Å². The molecule has 4 N–H and O–H groups in total. The van der Waals surface area contributed by atoms with Crippen molar-refractivity contribution >= 4 is 5.71 Å². The molecule has 0 saturated carbocycles. The van der Waals surface area contributed by atoms with Gasteiger partial charge in [-0.1, -0.05) is 54.6 Å². The summed E-state index contributed by atoms with van der Waals surface area (Å²) in [6.07, 6.45) is -0.997. The molecular formula is C26H27F3N4O. The van der Waals surface area contributed by atoms with Crippen LogP contribution < -0.4 is 16.6 Å². The van der Waals surface area contributed by atoms with Crippen molar-refractivity contribution in [3.8, 4) is 0 Å². The molecule has 0 aliphatic carbocycles. The van der Waals surface area contributed by atoms with Gasteiger partial charge in [0.05, 0.1) is 6.54 Å². The molecule has 0 saturated heterocycles. The highest BCUT2D eigenvalue weighted by Gasteiger charge is 2.40. The van der Waals surface area contributed by atoms with E-state index in [-0.39, 0.29) is 23.4 Å². The first kappa shape index (κ1) is 25.0. The molecule has 1 unspecified atom stereocenters. The van der Waals surface area contributed by atoms with Gasteiger partial charge in [0.2, 0.25) is 0 Å². The van der Waals surface area contributed by atoms with Gasteiger partial charge in [0.15, 0.2) is 0 Å². The molecule has 0 radical (unpaired) electrons. The maximum atomic E-state index is 13.7. The highest BCUT2D eigenvalue weighted by atomic mass is 19.4. The van der Waals surface area contributed by atoms with Crippen molar-refractivity contribution < 1.29 is 13.2 Å². The van der Waals surface area contributed by atoms with Gasteiger partial charge >= 0.3 is 6.18 Å². The van der Waals surface area contributed by atoms with Crippen molar-refractivity contribution in [2.24, 2.45) is 5.73 Å². The SMILES string of the molecule is C/C(N)=C/C(=N)CNC(c1cccc(Cc2ccc(Cn3ccccc3=O)cc2)c1)C(F)(F)F. The quantitative estimate of drug-likeness (QED) is 0.403. The molecule has 0 amide bonds. The van der Waals surface area contributed by atoms with E-state index in [2.05, 4.69) is 5.32 Å². The number of hydrogen-bond donors (Lipinski definition) is 3. The van der Waals surface area contributed by atoms with E-state index >= 15 is 0 Å². The van der Waals surface area contributed by atoms with Crippen LogP contribution in [0.1, 0.15) is 35.2 Å². The number of rotatable bonds is 9. The highest BCUT2D eigenvalue weighted by Crippen LogP contribution is 2.33. The second kappa shape index (κ2) is 11.0. The number of pyridine rings is 1. The Morgan fingerprint density at radius 2 is 1.76 bits per heavy atom. The summed E-state index contributed by atoms with van der Waals surface area (Å²) >= 11 is 0. The smallest absolute Gasteiger partial charge is 0.402 e. The van der Waals surface area contributed by atoms with E-state index in [0.717, 1.165) is 16.7 Å². The lowest BCUT2D eigenvalue weighted by Gasteiger charge is -2.22. The van der Waals surface area contributed by atoms with Crippen LogP contribution in [0.3, 0.4) is 0 Å². The molecule has 1 heterocycles. The zero-order valence-corrected chi connectivity index (χ0v) is 18.8. The van der Waals surface area contributed by atoms with E-state index in [4.69, 9.17) is 11.1 Å². The number of nitrogens with zero attached hydrogens (tertiary/aromatic N) is 1. The van der Waals surface area contributed by atoms with Crippen LogP contribution in [0.25, 0.3) is 0 Å². The summed E-state index contributed by atoms with van der Waals surface area (Å²) in [5, 5.41) is 10.2. The van der Waals surface area contributed by atoms with E-state index < -0.39 is 12.2 Å². The second-order valence-electron chi connectivity index (χ2n) is 8.17. The molecular weight excluding hydrogens is 441 g/mol. The number of allylic oxidation sites excluding steroid dienone is 1. The molecule has 34 heavy (non-hydrogen) atoms. The van der Waals surface area contributed by atoms with Crippen LogP contribution in [0.5, 0.6) is 0 Å². The minimum absolute atomic E-state index is 0.0248. The van der Waals surface area contributed by atoms with Gasteiger partial charge < -0.3 is 15.7 Å². The van der Waals surface area contributed by atoms with E-state index in [9.17, 15) is 18.0 Å². The Balaban J connectivity index is 1.72. The van der Waals surface area contributed by atoms with Crippen LogP contribution in [0.2, 0.25) is 0 Å². The van der Waals surface area contributed by atoms with Crippen molar-refractivity contribution in [2.45, 2.75) is 32.1 Å². The average molecular weight is 469 g/mol. The van der Waals surface area contributed by atoms with Crippen LogP contribution >= 0.6 is 0 Å². The van der Waals surface area contributed by atoms with Crippen molar-refractivity contribution in [1.29, 1.82) is 5.41 Å². The van der Waals surface area contributed by atoms with Crippen LogP contribution in [0.4, 0.5) is 13.2 Å². The third-order valence-electron chi connectivity index (χ3n) is 5.19. The molecule has 3 aromatic rings. The molecule has 178 valence electrons. The summed E-state index contributed by atoms with van der Waals surface area (Å²) < 4.78 is 42.8. The largest absolute Gasteiger partial charge is 0.407 e. The number of nitrogens with two attached hydrogens (primary N) is 1. The Morgan fingerprint density at radius 3 is 2.41 bits per heavy atom. The van der Waals surface area contributed by atoms with Gasteiger partial charge in [-0.3, -0.25) is 10.1 Å². The first-order valence-electron chi connectivity index (χ1n) is 10.8. The molecule has 2 aromatic carbocycles. The summed E-state index contributed by atoms with van der Waals surface area (Å²) in [6, 6.07) is 17.1.